The summed E-state index contributed by atoms with van der Waals surface area (Å²) in [6.45, 7) is 9.53. The van der Waals surface area contributed by atoms with Gasteiger partial charge in [0.1, 0.15) is 0 Å². The Morgan fingerprint density at radius 1 is 1.29 bits per heavy atom. The third-order valence-corrected chi connectivity index (χ3v) is 5.27. The Kier molecular flexibility index (Phi) is 4.76. The normalized spacial score (nSPS) is 23.1. The maximum atomic E-state index is 11.5. The fourth-order valence-electron chi connectivity index (χ4n) is 2.88. The second-order valence-electron chi connectivity index (χ2n) is 6.65. The van der Waals surface area contributed by atoms with E-state index in [1.807, 2.05) is 12.1 Å². The predicted octanol–water partition coefficient (Wildman–Crippen LogP) is 2.05. The van der Waals surface area contributed by atoms with Crippen molar-refractivity contribution < 1.29 is 8.42 Å². The molecule has 1 aromatic carbocycles. The van der Waals surface area contributed by atoms with Crippen LogP contribution in [0.15, 0.2) is 29.2 Å². The van der Waals surface area contributed by atoms with Crippen molar-refractivity contribution in [2.45, 2.75) is 50.2 Å². The smallest absolute Gasteiger partial charge is 0.175 e. The van der Waals surface area contributed by atoms with Gasteiger partial charge in [0, 0.05) is 37.5 Å². The highest BCUT2D eigenvalue weighted by atomic mass is 32.2. The van der Waals surface area contributed by atoms with Crippen molar-refractivity contribution in [1.29, 1.82) is 0 Å². The molecule has 1 aromatic rings. The van der Waals surface area contributed by atoms with E-state index in [2.05, 4.69) is 31.0 Å². The molecule has 0 saturated carbocycles. The maximum Gasteiger partial charge on any atom is 0.175 e. The number of hydrogen-bond donors (Lipinski definition) is 1. The number of sulfone groups is 1. The van der Waals surface area contributed by atoms with Crippen molar-refractivity contribution in [1.82, 2.24) is 10.2 Å². The van der Waals surface area contributed by atoms with E-state index in [0.29, 0.717) is 10.9 Å². The molecule has 1 aliphatic rings. The molecule has 0 bridgehead atoms. The van der Waals surface area contributed by atoms with Crippen LogP contribution in [-0.2, 0) is 16.4 Å². The Morgan fingerprint density at radius 2 is 1.90 bits per heavy atom. The first-order chi connectivity index (χ1) is 9.71. The van der Waals surface area contributed by atoms with Crippen LogP contribution < -0.4 is 5.32 Å². The van der Waals surface area contributed by atoms with Crippen LogP contribution in [-0.4, -0.2) is 44.2 Å². The zero-order chi connectivity index (χ0) is 15.7. The van der Waals surface area contributed by atoms with Gasteiger partial charge in [0.05, 0.1) is 4.90 Å². The predicted molar refractivity (Wildman–Crippen MR) is 86.1 cm³/mol. The summed E-state index contributed by atoms with van der Waals surface area (Å²) in [5.74, 6) is 0. The summed E-state index contributed by atoms with van der Waals surface area (Å²) in [5.41, 5.74) is 1.29. The molecule has 4 nitrogen and oxygen atoms in total. The molecule has 1 unspecified atom stereocenters. The summed E-state index contributed by atoms with van der Waals surface area (Å²) in [6, 6.07) is 7.81. The van der Waals surface area contributed by atoms with Crippen LogP contribution in [0.2, 0.25) is 0 Å². The SMILES string of the molecule is CCC1CNC(C)(C)CN1Cc1ccc(S(C)(=O)=O)cc1. The van der Waals surface area contributed by atoms with Crippen LogP contribution in [0.3, 0.4) is 0 Å². The molecule has 2 rings (SSSR count). The van der Waals surface area contributed by atoms with Crippen molar-refractivity contribution in [2.75, 3.05) is 19.3 Å². The average Bonchev–Trinajstić information content (AvgIpc) is 2.37. The molecule has 1 heterocycles. The summed E-state index contributed by atoms with van der Waals surface area (Å²) in [6.07, 6.45) is 2.36. The standard InChI is InChI=1S/C16H26N2O2S/c1-5-14-10-17-16(2,3)12-18(14)11-13-6-8-15(9-7-13)21(4,19)20/h6-9,14,17H,5,10-12H2,1-4H3. The Morgan fingerprint density at radius 3 is 2.43 bits per heavy atom. The lowest BCUT2D eigenvalue weighted by molar-refractivity contribution is 0.0858. The van der Waals surface area contributed by atoms with Crippen molar-refractivity contribution in [3.63, 3.8) is 0 Å². The van der Waals surface area contributed by atoms with Gasteiger partial charge in [-0.1, -0.05) is 19.1 Å². The summed E-state index contributed by atoms with van der Waals surface area (Å²) in [5, 5.41) is 3.58. The van der Waals surface area contributed by atoms with Gasteiger partial charge in [0.2, 0.25) is 0 Å². The molecule has 0 amide bonds. The lowest BCUT2D eigenvalue weighted by atomic mass is 9.97. The first kappa shape index (κ1) is 16.5. The largest absolute Gasteiger partial charge is 0.309 e. The molecule has 0 radical (unpaired) electrons. The minimum Gasteiger partial charge on any atom is -0.309 e. The highest BCUT2D eigenvalue weighted by Crippen LogP contribution is 2.20. The zero-order valence-corrected chi connectivity index (χ0v) is 14.2. The van der Waals surface area contributed by atoms with E-state index in [1.54, 1.807) is 12.1 Å². The van der Waals surface area contributed by atoms with Gasteiger partial charge >= 0.3 is 0 Å². The van der Waals surface area contributed by atoms with Gasteiger partial charge in [-0.2, -0.15) is 0 Å². The van der Waals surface area contributed by atoms with Crippen LogP contribution in [0, 0.1) is 0 Å². The molecule has 1 N–H and O–H groups in total. The molecule has 5 heteroatoms. The molecule has 1 atom stereocenters. The van der Waals surface area contributed by atoms with Crippen LogP contribution in [0.5, 0.6) is 0 Å². The van der Waals surface area contributed by atoms with Gasteiger partial charge in [-0.05, 0) is 38.0 Å². The highest BCUT2D eigenvalue weighted by Gasteiger charge is 2.31. The first-order valence-corrected chi connectivity index (χ1v) is 9.38. The van der Waals surface area contributed by atoms with E-state index in [-0.39, 0.29) is 5.54 Å². The quantitative estimate of drug-likeness (QED) is 0.925. The van der Waals surface area contributed by atoms with E-state index < -0.39 is 9.84 Å². The molecule has 0 spiro atoms. The molecule has 118 valence electrons. The molecule has 0 aromatic heterocycles. The molecule has 1 saturated heterocycles. The van der Waals surface area contributed by atoms with Crippen LogP contribution in [0.25, 0.3) is 0 Å². The first-order valence-electron chi connectivity index (χ1n) is 7.49. The number of rotatable bonds is 4. The molecular formula is C16H26N2O2S. The molecule has 1 fully saturated rings. The van der Waals surface area contributed by atoms with Gasteiger partial charge in [-0.15, -0.1) is 0 Å². The Bertz CT molecular complexity index is 579. The Balaban J connectivity index is 2.12. The number of benzene rings is 1. The van der Waals surface area contributed by atoms with Crippen LogP contribution >= 0.6 is 0 Å². The van der Waals surface area contributed by atoms with Crippen LogP contribution in [0.4, 0.5) is 0 Å². The number of piperazine rings is 1. The number of nitrogens with zero attached hydrogens (tertiary/aromatic N) is 1. The van der Waals surface area contributed by atoms with Crippen molar-refractivity contribution in [3.05, 3.63) is 29.8 Å². The fraction of sp³-hybridized carbons (Fsp3) is 0.625. The minimum absolute atomic E-state index is 0.123. The van der Waals surface area contributed by atoms with Crippen molar-refractivity contribution >= 4 is 9.84 Å². The molecular weight excluding hydrogens is 284 g/mol. The van der Waals surface area contributed by atoms with Gasteiger partial charge in [-0.3, -0.25) is 4.90 Å². The lowest BCUT2D eigenvalue weighted by Gasteiger charge is -2.44. The van der Waals surface area contributed by atoms with Crippen molar-refractivity contribution in [2.24, 2.45) is 0 Å². The highest BCUT2D eigenvalue weighted by molar-refractivity contribution is 7.90. The molecule has 0 aliphatic carbocycles. The fourth-order valence-corrected chi connectivity index (χ4v) is 3.51. The summed E-state index contributed by atoms with van der Waals surface area (Å²) in [4.78, 5) is 2.88. The van der Waals surface area contributed by atoms with Gasteiger partial charge in [0.25, 0.3) is 0 Å². The minimum atomic E-state index is -3.11. The van der Waals surface area contributed by atoms with E-state index >= 15 is 0 Å². The Labute approximate surface area is 128 Å². The van der Waals surface area contributed by atoms with E-state index in [1.165, 1.54) is 11.8 Å². The van der Waals surface area contributed by atoms with Crippen molar-refractivity contribution in [3.8, 4) is 0 Å². The van der Waals surface area contributed by atoms with E-state index in [4.69, 9.17) is 0 Å². The maximum absolute atomic E-state index is 11.5. The topological polar surface area (TPSA) is 49.4 Å². The molecule has 1 aliphatic heterocycles. The summed E-state index contributed by atoms with van der Waals surface area (Å²) >= 11 is 0. The number of nitrogens with one attached hydrogen (secondary N) is 1. The van der Waals surface area contributed by atoms with Gasteiger partial charge < -0.3 is 5.32 Å². The van der Waals surface area contributed by atoms with E-state index in [9.17, 15) is 8.42 Å². The second kappa shape index (κ2) is 6.07. The number of hydrogen-bond acceptors (Lipinski definition) is 4. The average molecular weight is 310 g/mol. The monoisotopic (exact) mass is 310 g/mol. The van der Waals surface area contributed by atoms with Gasteiger partial charge in [-0.25, -0.2) is 8.42 Å². The third-order valence-electron chi connectivity index (χ3n) is 4.14. The summed E-state index contributed by atoms with van der Waals surface area (Å²) < 4.78 is 23.0. The second-order valence-corrected chi connectivity index (χ2v) is 8.66. The van der Waals surface area contributed by atoms with Crippen LogP contribution in [0.1, 0.15) is 32.8 Å². The van der Waals surface area contributed by atoms with Gasteiger partial charge in [0.15, 0.2) is 9.84 Å². The summed E-state index contributed by atoms with van der Waals surface area (Å²) in [7, 11) is -3.11. The third kappa shape index (κ3) is 4.28. The zero-order valence-electron chi connectivity index (χ0n) is 13.4. The lowest BCUT2D eigenvalue weighted by Crippen LogP contribution is -2.60. The van der Waals surface area contributed by atoms with E-state index in [0.717, 1.165) is 26.1 Å². The Hall–Kier alpha value is -0.910. The molecule has 21 heavy (non-hydrogen) atoms.